The smallest absolute Gasteiger partial charge is 0.311 e. The highest BCUT2D eigenvalue weighted by atomic mass is 16.6. The molecule has 0 unspecified atom stereocenters. The third-order valence-electron chi connectivity index (χ3n) is 6.35. The number of hydrogen-bond acceptors (Lipinski definition) is 6. The van der Waals surface area contributed by atoms with Crippen molar-refractivity contribution in [1.82, 2.24) is 5.32 Å². The lowest BCUT2D eigenvalue weighted by Crippen LogP contribution is -2.35. The zero-order valence-electron chi connectivity index (χ0n) is 18.2. The molecule has 2 aliphatic heterocycles. The van der Waals surface area contributed by atoms with Gasteiger partial charge >= 0.3 is 5.97 Å². The quantitative estimate of drug-likeness (QED) is 0.704. The fraction of sp³-hybridized carbons (Fsp3) is 0.400. The topological polar surface area (TPSA) is 94.2 Å². The maximum absolute atomic E-state index is 12.6. The summed E-state index contributed by atoms with van der Waals surface area (Å²) in [6.45, 7) is 0.790. The number of carbonyl (C=O) groups is 3. The molecule has 0 spiro atoms. The van der Waals surface area contributed by atoms with Gasteiger partial charge in [-0.15, -0.1) is 0 Å². The van der Waals surface area contributed by atoms with Crippen LogP contribution in [0.4, 0.5) is 5.69 Å². The number of ether oxygens (including phenoxy) is 3. The van der Waals surface area contributed by atoms with E-state index >= 15 is 0 Å². The molecule has 0 aromatic heterocycles. The van der Waals surface area contributed by atoms with Gasteiger partial charge in [-0.2, -0.15) is 0 Å². The van der Waals surface area contributed by atoms with Crippen LogP contribution in [0.15, 0.2) is 42.5 Å². The summed E-state index contributed by atoms with van der Waals surface area (Å²) >= 11 is 0. The lowest BCUT2D eigenvalue weighted by molar-refractivity contribution is -0.152. The molecule has 2 aromatic carbocycles. The first-order valence-corrected chi connectivity index (χ1v) is 11.3. The van der Waals surface area contributed by atoms with E-state index < -0.39 is 11.9 Å². The minimum Gasteiger partial charge on any atom is -0.486 e. The number of rotatable bonds is 5. The van der Waals surface area contributed by atoms with E-state index in [0.717, 1.165) is 24.8 Å². The fourth-order valence-electron chi connectivity index (χ4n) is 4.71. The molecule has 2 heterocycles. The predicted octanol–water partition coefficient (Wildman–Crippen LogP) is 2.55. The second-order valence-electron chi connectivity index (χ2n) is 8.55. The number of nitrogens with one attached hydrogen (secondary N) is 1. The molecule has 1 fully saturated rings. The largest absolute Gasteiger partial charge is 0.486 e. The van der Waals surface area contributed by atoms with Gasteiger partial charge in [-0.1, -0.05) is 24.3 Å². The highest BCUT2D eigenvalue weighted by Gasteiger charge is 2.37. The van der Waals surface area contributed by atoms with Crippen molar-refractivity contribution >= 4 is 23.5 Å². The van der Waals surface area contributed by atoms with E-state index in [1.54, 1.807) is 23.1 Å². The van der Waals surface area contributed by atoms with Crippen molar-refractivity contribution < 1.29 is 28.6 Å². The SMILES string of the molecule is O=C(COC(=O)[C@H]1CC(=O)N(c2ccc3c(c2)OCCO3)C1)N[C@@H]1CCCc2ccccc21. The molecule has 2 amide bonds. The zero-order valence-corrected chi connectivity index (χ0v) is 18.2. The maximum atomic E-state index is 12.6. The number of fused-ring (bicyclic) bond motifs is 2. The number of esters is 1. The van der Waals surface area contributed by atoms with Crippen LogP contribution in [-0.2, 0) is 25.5 Å². The van der Waals surface area contributed by atoms with Crippen LogP contribution in [0.25, 0.3) is 0 Å². The highest BCUT2D eigenvalue weighted by molar-refractivity contribution is 6.00. The van der Waals surface area contributed by atoms with Crippen molar-refractivity contribution in [1.29, 1.82) is 0 Å². The van der Waals surface area contributed by atoms with Gasteiger partial charge in [-0.25, -0.2) is 0 Å². The number of nitrogens with zero attached hydrogens (tertiary/aromatic N) is 1. The van der Waals surface area contributed by atoms with E-state index in [0.29, 0.717) is 30.4 Å². The number of aryl methyl sites for hydroxylation is 1. The Labute approximate surface area is 191 Å². The Balaban J connectivity index is 1.15. The summed E-state index contributed by atoms with van der Waals surface area (Å²) in [6, 6.07) is 13.3. The summed E-state index contributed by atoms with van der Waals surface area (Å²) in [5, 5.41) is 2.97. The standard InChI is InChI=1S/C25H26N2O6/c28-23(26-20-7-3-5-16-4-1-2-6-19(16)20)15-33-25(30)17-12-24(29)27(14-17)18-8-9-21-22(13-18)32-11-10-31-21/h1-2,4,6,8-9,13,17,20H,3,5,7,10-12,14-15H2,(H,26,28)/t17-,20+/m0/s1. The molecule has 2 aromatic rings. The van der Waals surface area contributed by atoms with E-state index in [2.05, 4.69) is 11.4 Å². The average Bonchev–Trinajstić information content (AvgIpc) is 3.24. The zero-order chi connectivity index (χ0) is 22.8. The molecule has 1 N–H and O–H groups in total. The van der Waals surface area contributed by atoms with E-state index in [4.69, 9.17) is 14.2 Å². The van der Waals surface area contributed by atoms with Crippen LogP contribution in [0.2, 0.25) is 0 Å². The van der Waals surface area contributed by atoms with Gasteiger partial charge < -0.3 is 24.4 Å². The van der Waals surface area contributed by atoms with Crippen LogP contribution >= 0.6 is 0 Å². The number of carbonyl (C=O) groups excluding carboxylic acids is 3. The van der Waals surface area contributed by atoms with Gasteiger partial charge in [0.05, 0.1) is 12.0 Å². The maximum Gasteiger partial charge on any atom is 0.311 e. The summed E-state index contributed by atoms with van der Waals surface area (Å²) in [7, 11) is 0. The van der Waals surface area contributed by atoms with Gasteiger partial charge in [-0.05, 0) is 42.5 Å². The fourth-order valence-corrected chi connectivity index (χ4v) is 4.71. The molecule has 1 aliphatic carbocycles. The van der Waals surface area contributed by atoms with Crippen molar-refractivity contribution in [3.8, 4) is 11.5 Å². The molecule has 8 heteroatoms. The molecular formula is C25H26N2O6. The van der Waals surface area contributed by atoms with E-state index in [1.165, 1.54) is 5.56 Å². The number of amides is 2. The minimum absolute atomic E-state index is 0.0465. The number of benzene rings is 2. The van der Waals surface area contributed by atoms with Gasteiger partial charge in [0.15, 0.2) is 18.1 Å². The summed E-state index contributed by atoms with van der Waals surface area (Å²) in [6.07, 6.45) is 2.91. The second kappa shape index (κ2) is 9.13. The highest BCUT2D eigenvalue weighted by Crippen LogP contribution is 2.36. The first-order valence-electron chi connectivity index (χ1n) is 11.3. The summed E-state index contributed by atoms with van der Waals surface area (Å²) < 4.78 is 16.4. The molecule has 5 rings (SSSR count). The first kappa shape index (κ1) is 21.3. The van der Waals surface area contributed by atoms with E-state index in [-0.39, 0.29) is 37.4 Å². The minimum atomic E-state index is -0.617. The molecule has 3 aliphatic rings. The second-order valence-corrected chi connectivity index (χ2v) is 8.55. The van der Waals surface area contributed by atoms with Crippen molar-refractivity contribution in [2.75, 3.05) is 31.3 Å². The monoisotopic (exact) mass is 450 g/mol. The van der Waals surface area contributed by atoms with Gasteiger partial charge in [0.1, 0.15) is 13.2 Å². The lowest BCUT2D eigenvalue weighted by Gasteiger charge is -2.26. The predicted molar refractivity (Wildman–Crippen MR) is 119 cm³/mol. The molecule has 33 heavy (non-hydrogen) atoms. The van der Waals surface area contributed by atoms with Gasteiger partial charge in [0.2, 0.25) is 5.91 Å². The van der Waals surface area contributed by atoms with E-state index in [1.807, 2.05) is 18.2 Å². The third kappa shape index (κ3) is 4.51. The van der Waals surface area contributed by atoms with Crippen molar-refractivity contribution in [2.24, 2.45) is 5.92 Å². The molecule has 0 bridgehead atoms. The Hall–Kier alpha value is -3.55. The van der Waals surface area contributed by atoms with Crippen molar-refractivity contribution in [3.63, 3.8) is 0 Å². The van der Waals surface area contributed by atoms with Gasteiger partial charge in [0, 0.05) is 24.7 Å². The van der Waals surface area contributed by atoms with Crippen molar-refractivity contribution in [3.05, 3.63) is 53.6 Å². The van der Waals surface area contributed by atoms with Crippen LogP contribution in [0.3, 0.4) is 0 Å². The van der Waals surface area contributed by atoms with Gasteiger partial charge in [-0.3, -0.25) is 14.4 Å². The van der Waals surface area contributed by atoms with Crippen LogP contribution in [-0.4, -0.2) is 44.1 Å². The third-order valence-corrected chi connectivity index (χ3v) is 6.35. The van der Waals surface area contributed by atoms with Crippen LogP contribution in [0.5, 0.6) is 11.5 Å². The van der Waals surface area contributed by atoms with Gasteiger partial charge in [0.25, 0.3) is 5.91 Å². The number of hydrogen-bond donors (Lipinski definition) is 1. The summed E-state index contributed by atoms with van der Waals surface area (Å²) in [5.74, 6) is -0.441. The molecule has 172 valence electrons. The van der Waals surface area contributed by atoms with Crippen LogP contribution in [0.1, 0.15) is 36.4 Å². The lowest BCUT2D eigenvalue weighted by atomic mass is 9.88. The molecule has 0 radical (unpaired) electrons. The van der Waals surface area contributed by atoms with Crippen LogP contribution in [0, 0.1) is 5.92 Å². The van der Waals surface area contributed by atoms with E-state index in [9.17, 15) is 14.4 Å². The molecule has 8 nitrogen and oxygen atoms in total. The number of anilines is 1. The molecule has 1 saturated heterocycles. The molecular weight excluding hydrogens is 424 g/mol. The van der Waals surface area contributed by atoms with Crippen LogP contribution < -0.4 is 19.7 Å². The first-order chi connectivity index (χ1) is 16.1. The Kier molecular flexibility index (Phi) is 5.90. The Morgan fingerprint density at radius 2 is 1.91 bits per heavy atom. The molecule has 0 saturated carbocycles. The normalized spacial score (nSPS) is 21.3. The Morgan fingerprint density at radius 1 is 1.09 bits per heavy atom. The average molecular weight is 450 g/mol. The molecule has 2 atom stereocenters. The Bertz CT molecular complexity index is 1080. The van der Waals surface area contributed by atoms with Crippen molar-refractivity contribution in [2.45, 2.75) is 31.7 Å². The summed E-state index contributed by atoms with van der Waals surface area (Å²) in [4.78, 5) is 39.1. The summed E-state index contributed by atoms with van der Waals surface area (Å²) in [5.41, 5.74) is 3.02. The Morgan fingerprint density at radius 3 is 2.79 bits per heavy atom.